The largest absolute Gasteiger partial charge is 0.309 e. The van der Waals surface area contributed by atoms with Crippen molar-refractivity contribution in [2.75, 3.05) is 0 Å². The lowest BCUT2D eigenvalue weighted by atomic mass is 10.1. The highest BCUT2D eigenvalue weighted by atomic mass is 15.0. The van der Waals surface area contributed by atoms with Crippen molar-refractivity contribution in [3.8, 4) is 22.7 Å². The molecule has 4 aromatic heterocycles. The van der Waals surface area contributed by atoms with E-state index in [4.69, 9.17) is 0 Å². The Morgan fingerprint density at radius 2 is 0.476 bits per heavy atom. The lowest BCUT2D eigenvalue weighted by Crippen LogP contribution is -1.99. The van der Waals surface area contributed by atoms with Crippen molar-refractivity contribution in [3.63, 3.8) is 0 Å². The van der Waals surface area contributed by atoms with Crippen LogP contribution in [0.4, 0.5) is 0 Å². The highest BCUT2D eigenvalue weighted by Gasteiger charge is 2.22. The average Bonchev–Trinajstić information content (AvgIpc) is 4.05. The fourth-order valence-corrected chi connectivity index (χ4v) is 10.8. The Morgan fingerprint density at radius 1 is 0.190 bits per heavy atom. The van der Waals surface area contributed by atoms with Gasteiger partial charge in [-0.05, 0) is 84.9 Å². The van der Waals surface area contributed by atoms with Crippen LogP contribution in [0.1, 0.15) is 7.43 Å². The van der Waals surface area contributed by atoms with E-state index in [2.05, 4.69) is 237 Å². The summed E-state index contributed by atoms with van der Waals surface area (Å²) in [6.45, 7) is 0. The molecule has 0 fully saturated rings. The molecule has 0 atom stereocenters. The van der Waals surface area contributed by atoms with Crippen molar-refractivity contribution in [3.05, 3.63) is 218 Å². The molecule has 0 radical (unpaired) electrons. The van der Waals surface area contributed by atoms with Crippen molar-refractivity contribution in [1.29, 1.82) is 0 Å². The first-order valence-electron chi connectivity index (χ1n) is 21.4. The summed E-state index contributed by atoms with van der Waals surface area (Å²) in [5.41, 5.74) is 14.2. The summed E-state index contributed by atoms with van der Waals surface area (Å²) in [7, 11) is 0. The smallest absolute Gasteiger partial charge is 0.0562 e. The van der Waals surface area contributed by atoms with Crippen LogP contribution >= 0.6 is 0 Å². The fourth-order valence-electron chi connectivity index (χ4n) is 10.8. The van der Waals surface area contributed by atoms with E-state index in [1.807, 2.05) is 0 Å². The molecule has 0 bridgehead atoms. The van der Waals surface area contributed by atoms with Crippen LogP contribution in [-0.2, 0) is 0 Å². The summed E-state index contributed by atoms with van der Waals surface area (Å²) in [4.78, 5) is 0. The van der Waals surface area contributed by atoms with E-state index in [1.54, 1.807) is 0 Å². The van der Waals surface area contributed by atoms with Gasteiger partial charge in [0.05, 0.1) is 55.5 Å². The van der Waals surface area contributed by atoms with E-state index in [9.17, 15) is 0 Å². The zero-order chi connectivity index (χ0) is 40.5. The van der Waals surface area contributed by atoms with Gasteiger partial charge in [-0.2, -0.15) is 0 Å². The highest BCUT2D eigenvalue weighted by Crippen LogP contribution is 2.43. The van der Waals surface area contributed by atoms with Crippen LogP contribution in [0.2, 0.25) is 0 Å². The quantitative estimate of drug-likeness (QED) is 0.169. The molecule has 0 saturated heterocycles. The molecule has 14 rings (SSSR count). The van der Waals surface area contributed by atoms with Crippen LogP contribution in [0.25, 0.3) is 121 Å². The number of rotatable bonds is 4. The summed E-state index contributed by atoms with van der Waals surface area (Å²) in [5, 5.41) is 12.4. The van der Waals surface area contributed by atoms with Crippen LogP contribution < -0.4 is 0 Å². The topological polar surface area (TPSA) is 19.7 Å². The molecule has 296 valence electrons. The van der Waals surface area contributed by atoms with Gasteiger partial charge in [-0.3, -0.25) is 0 Å². The van der Waals surface area contributed by atoms with Gasteiger partial charge in [-0.25, -0.2) is 0 Å². The molecule has 0 aliphatic rings. The molecule has 0 unspecified atom stereocenters. The Labute approximate surface area is 363 Å². The summed E-state index contributed by atoms with van der Waals surface area (Å²) < 4.78 is 9.83. The first kappa shape index (κ1) is 35.4. The predicted molar refractivity (Wildman–Crippen MR) is 268 cm³/mol. The molecule has 0 amide bonds. The molecule has 10 aromatic carbocycles. The van der Waals surface area contributed by atoms with Crippen molar-refractivity contribution >= 4 is 98.0 Å². The van der Waals surface area contributed by atoms with Crippen LogP contribution in [0.5, 0.6) is 0 Å². The van der Waals surface area contributed by atoms with Crippen molar-refractivity contribution in [1.82, 2.24) is 18.3 Å². The van der Waals surface area contributed by atoms with Crippen LogP contribution in [0.15, 0.2) is 218 Å². The SMILES string of the molecule is C.c1ccc(-n2c3ccccc3c3cc4c5ccccc5n(-c5cccc6c(-n7c8ccccc8c8cc9c%10ccccc%10n(-c%10ccccc%10)c9cc87)cccc56)c4cc32)cc1. The zero-order valence-corrected chi connectivity index (χ0v) is 33.6. The molecule has 63 heavy (non-hydrogen) atoms. The minimum atomic E-state index is 0. The Balaban J connectivity index is 0.00000402. The molecule has 4 nitrogen and oxygen atoms in total. The Kier molecular flexibility index (Phi) is 7.49. The highest BCUT2D eigenvalue weighted by molar-refractivity contribution is 6.21. The van der Waals surface area contributed by atoms with Crippen molar-refractivity contribution < 1.29 is 0 Å². The van der Waals surface area contributed by atoms with E-state index < -0.39 is 0 Å². The minimum absolute atomic E-state index is 0. The number of hydrogen-bond donors (Lipinski definition) is 0. The maximum Gasteiger partial charge on any atom is 0.0562 e. The Morgan fingerprint density at radius 3 is 0.841 bits per heavy atom. The van der Waals surface area contributed by atoms with Gasteiger partial charge in [0.1, 0.15) is 0 Å². The van der Waals surface area contributed by atoms with Gasteiger partial charge < -0.3 is 18.3 Å². The molecule has 0 saturated carbocycles. The summed E-state index contributed by atoms with van der Waals surface area (Å²) >= 11 is 0. The molecule has 4 heteroatoms. The molecular formula is C59H40N4. The number of fused-ring (bicyclic) bond motifs is 13. The van der Waals surface area contributed by atoms with E-state index in [0.717, 1.165) is 22.7 Å². The van der Waals surface area contributed by atoms with Gasteiger partial charge in [0.15, 0.2) is 0 Å². The first-order valence-corrected chi connectivity index (χ1v) is 21.4. The monoisotopic (exact) mass is 804 g/mol. The van der Waals surface area contributed by atoms with E-state index in [0.29, 0.717) is 0 Å². The van der Waals surface area contributed by atoms with E-state index in [1.165, 1.54) is 98.0 Å². The third kappa shape index (κ3) is 4.86. The summed E-state index contributed by atoms with van der Waals surface area (Å²) in [6, 6.07) is 80.2. The molecule has 4 heterocycles. The fraction of sp³-hybridized carbons (Fsp3) is 0.0169. The lowest BCUT2D eigenvalue weighted by molar-refractivity contribution is 1.16. The van der Waals surface area contributed by atoms with Gasteiger partial charge in [0.2, 0.25) is 0 Å². The van der Waals surface area contributed by atoms with Crippen LogP contribution in [0, 0.1) is 0 Å². The molecule has 14 aromatic rings. The predicted octanol–water partition coefficient (Wildman–Crippen LogP) is 15.9. The molecule has 0 N–H and O–H groups in total. The van der Waals surface area contributed by atoms with Gasteiger partial charge >= 0.3 is 0 Å². The first-order chi connectivity index (χ1) is 30.8. The maximum absolute atomic E-state index is 2.50. The van der Waals surface area contributed by atoms with Gasteiger partial charge in [0, 0.05) is 65.2 Å². The Hall–Kier alpha value is -8.34. The second-order valence-electron chi connectivity index (χ2n) is 16.5. The van der Waals surface area contributed by atoms with Crippen molar-refractivity contribution in [2.45, 2.75) is 7.43 Å². The van der Waals surface area contributed by atoms with Crippen LogP contribution in [-0.4, -0.2) is 18.3 Å². The minimum Gasteiger partial charge on any atom is -0.309 e. The number of benzene rings is 10. The second-order valence-corrected chi connectivity index (χ2v) is 16.5. The third-order valence-corrected chi connectivity index (χ3v) is 13.3. The number of para-hydroxylation sites is 6. The molecule has 0 aliphatic heterocycles. The normalized spacial score (nSPS) is 12.0. The lowest BCUT2D eigenvalue weighted by Gasteiger charge is -2.16. The van der Waals surface area contributed by atoms with E-state index >= 15 is 0 Å². The average molecular weight is 805 g/mol. The summed E-state index contributed by atoms with van der Waals surface area (Å²) in [5.74, 6) is 0. The van der Waals surface area contributed by atoms with Gasteiger partial charge in [-0.15, -0.1) is 0 Å². The molecular weight excluding hydrogens is 765 g/mol. The van der Waals surface area contributed by atoms with Crippen LogP contribution in [0.3, 0.4) is 0 Å². The van der Waals surface area contributed by atoms with Crippen molar-refractivity contribution in [2.24, 2.45) is 0 Å². The maximum atomic E-state index is 2.50. The van der Waals surface area contributed by atoms with Gasteiger partial charge in [-0.1, -0.05) is 141 Å². The number of aromatic nitrogens is 4. The number of hydrogen-bond acceptors (Lipinski definition) is 0. The molecule has 0 aliphatic carbocycles. The Bertz CT molecular complexity index is 3870. The standard InChI is InChI=1S/C58H36N4.CH4/c1-3-17-37(18-4-1)59-49-27-11-7-21-41(49)45-33-47-43-23-9-13-29-51(43)61(57(47)35-55(45)59)53-31-15-26-40-39(53)25-16-32-54(40)62-52-30-14-10-24-44(52)48-34-46-42-22-8-12-28-50(42)60(56(46)36-58(48)62)38-19-5-2-6-20-38;/h1-36H;1H4. The molecule has 0 spiro atoms. The number of nitrogens with zero attached hydrogens (tertiary/aromatic N) is 4. The second kappa shape index (κ2) is 13.3. The summed E-state index contributed by atoms with van der Waals surface area (Å²) in [6.07, 6.45) is 0. The third-order valence-electron chi connectivity index (χ3n) is 13.3. The van der Waals surface area contributed by atoms with Gasteiger partial charge in [0.25, 0.3) is 0 Å². The van der Waals surface area contributed by atoms with E-state index in [-0.39, 0.29) is 7.43 Å². The zero-order valence-electron chi connectivity index (χ0n) is 33.6.